The van der Waals surface area contributed by atoms with Gasteiger partial charge >= 0.3 is 69.5 Å². The Bertz CT molecular complexity index is 491. The van der Waals surface area contributed by atoms with Crippen molar-refractivity contribution >= 4 is 33.1 Å². The fourth-order valence-electron chi connectivity index (χ4n) is 1.87. The molecule has 130 valence electrons. The molecule has 0 unspecified atom stereocenters. The van der Waals surface area contributed by atoms with Gasteiger partial charge in [0, 0.05) is 0 Å². The van der Waals surface area contributed by atoms with Crippen molar-refractivity contribution in [1.29, 1.82) is 0 Å². The van der Waals surface area contributed by atoms with E-state index in [0.29, 0.717) is 11.6 Å². The van der Waals surface area contributed by atoms with Crippen LogP contribution in [-0.4, -0.2) is 33.1 Å². The molecule has 0 N–H and O–H groups in total. The fourth-order valence-corrected chi connectivity index (χ4v) is 6.03. The molecule has 0 spiro atoms. The van der Waals surface area contributed by atoms with E-state index >= 15 is 0 Å². The van der Waals surface area contributed by atoms with Crippen molar-refractivity contribution in [2.75, 3.05) is 0 Å². The zero-order chi connectivity index (χ0) is 18.2. The predicted molar refractivity (Wildman–Crippen MR) is 93.4 cm³/mol. The van der Waals surface area contributed by atoms with Crippen LogP contribution in [0, 0.1) is 0 Å². The molecule has 0 aromatic heterocycles. The predicted octanol–water partition coefficient (Wildman–Crippen LogP) is 1.78. The van der Waals surface area contributed by atoms with Gasteiger partial charge in [0.2, 0.25) is 0 Å². The van der Waals surface area contributed by atoms with E-state index in [4.69, 9.17) is 0 Å². The van der Waals surface area contributed by atoms with Gasteiger partial charge in [-0.15, -0.1) is 0 Å². The van der Waals surface area contributed by atoms with Gasteiger partial charge in [0.05, 0.1) is 11.9 Å². The minimum absolute atomic E-state index is 0.0111. The number of carbonyl (C=O) groups is 2. The molecule has 0 amide bonds. The topological polar surface area (TPSA) is 80.3 Å². The smallest absolute Gasteiger partial charge is 0.0678 e. The van der Waals surface area contributed by atoms with Gasteiger partial charge in [-0.1, -0.05) is 30.3 Å². The van der Waals surface area contributed by atoms with Gasteiger partial charge in [0.15, 0.2) is 0 Å². The maximum atomic E-state index is 10.6. The third-order valence-corrected chi connectivity index (χ3v) is 7.24. The summed E-state index contributed by atoms with van der Waals surface area (Å²) in [6.07, 6.45) is 6.39. The molecule has 0 heterocycles. The number of carboxylic acids is 2. The van der Waals surface area contributed by atoms with Crippen molar-refractivity contribution in [2.45, 2.75) is 54.8 Å². The number of carbonyl (C=O) groups excluding carboxylic acids is 2. The van der Waals surface area contributed by atoms with Crippen molar-refractivity contribution in [3.05, 3.63) is 47.5 Å². The molecule has 0 aliphatic heterocycles. The largest absolute Gasteiger partial charge is 0.545 e. The summed E-state index contributed by atoms with van der Waals surface area (Å²) in [5, 5.41) is 20.8. The van der Waals surface area contributed by atoms with Crippen molar-refractivity contribution in [3.8, 4) is 0 Å². The number of benzene rings is 1. The SMILES string of the molecule is CCC[CH2][Sn+2][CH2]CCC.O=C([O-])/C=C(/Cc1ccccc1)C(=O)[O-]. The van der Waals surface area contributed by atoms with Crippen molar-refractivity contribution in [2.24, 2.45) is 0 Å². The zero-order valence-corrected chi connectivity index (χ0v) is 17.4. The first-order chi connectivity index (χ1) is 11.5. The van der Waals surface area contributed by atoms with E-state index in [1.165, 1.54) is 25.7 Å². The second-order valence-corrected chi connectivity index (χ2v) is 9.68. The van der Waals surface area contributed by atoms with E-state index in [2.05, 4.69) is 13.8 Å². The third kappa shape index (κ3) is 13.2. The minimum Gasteiger partial charge on any atom is -0.545 e. The summed E-state index contributed by atoms with van der Waals surface area (Å²) in [5.41, 5.74) is 0.399. The van der Waals surface area contributed by atoms with E-state index < -0.39 is 11.9 Å². The maximum absolute atomic E-state index is 10.6. The van der Waals surface area contributed by atoms with E-state index in [1.807, 2.05) is 0 Å². The molecular weight excluding hydrogens is 411 g/mol. The Morgan fingerprint density at radius 1 is 1.00 bits per heavy atom. The Labute approximate surface area is 155 Å². The molecule has 24 heavy (non-hydrogen) atoms. The molecule has 0 bridgehead atoms. The quantitative estimate of drug-likeness (QED) is 0.318. The summed E-state index contributed by atoms with van der Waals surface area (Å²) >= 11 is 0.149. The number of carboxylic acid groups (broad SMARTS) is 2. The summed E-state index contributed by atoms with van der Waals surface area (Å²) in [4.78, 5) is 20.8. The van der Waals surface area contributed by atoms with Crippen LogP contribution in [0.15, 0.2) is 42.0 Å². The molecule has 1 rings (SSSR count). The van der Waals surface area contributed by atoms with E-state index in [1.54, 1.807) is 39.2 Å². The van der Waals surface area contributed by atoms with Crippen LogP contribution in [0.1, 0.15) is 45.1 Å². The van der Waals surface area contributed by atoms with Crippen LogP contribution >= 0.6 is 0 Å². The van der Waals surface area contributed by atoms with Gasteiger partial charge in [-0.05, 0) is 23.6 Å². The van der Waals surface area contributed by atoms with Crippen molar-refractivity contribution < 1.29 is 19.8 Å². The van der Waals surface area contributed by atoms with Crippen molar-refractivity contribution in [3.63, 3.8) is 0 Å². The Morgan fingerprint density at radius 2 is 1.54 bits per heavy atom. The van der Waals surface area contributed by atoms with Crippen LogP contribution in [-0.2, 0) is 16.0 Å². The van der Waals surface area contributed by atoms with Crippen LogP contribution in [0.4, 0.5) is 0 Å². The monoisotopic (exact) mass is 438 g/mol. The van der Waals surface area contributed by atoms with Gasteiger partial charge in [-0.25, -0.2) is 0 Å². The molecular formula is C19H26O4Sn. The number of aliphatic carboxylic acids is 2. The average Bonchev–Trinajstić information content (AvgIpc) is 2.55. The second kappa shape index (κ2) is 15.2. The molecule has 0 fully saturated rings. The second-order valence-electron chi connectivity index (χ2n) is 5.40. The van der Waals surface area contributed by atoms with Crippen LogP contribution in [0.5, 0.6) is 0 Å². The van der Waals surface area contributed by atoms with Crippen molar-refractivity contribution in [1.82, 2.24) is 0 Å². The summed E-state index contributed by atoms with van der Waals surface area (Å²) in [6, 6.07) is 8.66. The standard InChI is InChI=1S/C11H10O4.2C4H9.Sn/c12-10(13)7-9(11(14)15)6-8-4-2-1-3-5-8;2*1-3-4-2;/h1-5,7H,6H2,(H,12,13)(H,14,15);2*1,3-4H2,2H3;/q;;;+2/p-2/b9-7-;;;. The molecule has 0 radical (unpaired) electrons. The minimum atomic E-state index is -1.54. The van der Waals surface area contributed by atoms with Crippen LogP contribution in [0.25, 0.3) is 0 Å². The fraction of sp³-hybridized carbons (Fsp3) is 0.474. The first-order valence-corrected chi connectivity index (χ1v) is 12.4. The number of hydrogen-bond donors (Lipinski definition) is 0. The molecule has 0 saturated heterocycles. The van der Waals surface area contributed by atoms with Gasteiger partial charge in [-0.2, -0.15) is 0 Å². The first kappa shape index (κ1) is 22.7. The number of rotatable bonds is 10. The van der Waals surface area contributed by atoms with E-state index in [9.17, 15) is 19.8 Å². The molecule has 0 aliphatic carbocycles. The zero-order valence-electron chi connectivity index (χ0n) is 14.5. The Morgan fingerprint density at radius 3 is 1.96 bits per heavy atom. The molecule has 5 heteroatoms. The molecule has 0 saturated carbocycles. The van der Waals surface area contributed by atoms with Gasteiger partial charge < -0.3 is 19.8 Å². The molecule has 4 nitrogen and oxygen atoms in total. The van der Waals surface area contributed by atoms with Gasteiger partial charge in [0.1, 0.15) is 0 Å². The Hall–Kier alpha value is -1.30. The van der Waals surface area contributed by atoms with Gasteiger partial charge in [-0.3, -0.25) is 0 Å². The average molecular weight is 437 g/mol. The summed E-state index contributed by atoms with van der Waals surface area (Å²) in [6.45, 7) is 4.58. The number of hydrogen-bond acceptors (Lipinski definition) is 4. The summed E-state index contributed by atoms with van der Waals surface area (Å²) < 4.78 is 3.25. The normalized spacial score (nSPS) is 10.3. The van der Waals surface area contributed by atoms with Crippen LogP contribution in [0.3, 0.4) is 0 Å². The maximum Gasteiger partial charge on any atom is 0.0678 e. The number of unbranched alkanes of at least 4 members (excludes halogenated alkanes) is 2. The van der Waals surface area contributed by atoms with E-state index in [0.717, 1.165) is 0 Å². The summed E-state index contributed by atoms with van der Waals surface area (Å²) in [7, 11) is 0. The molecule has 0 aliphatic rings. The molecule has 1 aromatic rings. The summed E-state index contributed by atoms with van der Waals surface area (Å²) in [5.74, 6) is -3.03. The molecule has 1 aromatic carbocycles. The van der Waals surface area contributed by atoms with Crippen LogP contribution in [0.2, 0.25) is 8.87 Å². The van der Waals surface area contributed by atoms with Crippen LogP contribution < -0.4 is 10.2 Å². The molecule has 0 atom stereocenters. The first-order valence-electron chi connectivity index (χ1n) is 8.38. The Kier molecular flexibility index (Phi) is 14.4. The third-order valence-electron chi connectivity index (χ3n) is 3.21. The van der Waals surface area contributed by atoms with E-state index in [-0.39, 0.29) is 33.1 Å². The Balaban J connectivity index is 0.000000506. The van der Waals surface area contributed by atoms with Gasteiger partial charge in [0.25, 0.3) is 0 Å².